The molecule has 1 aliphatic rings. The Morgan fingerprint density at radius 2 is 2.06 bits per heavy atom. The van der Waals surface area contributed by atoms with Gasteiger partial charge in [-0.1, -0.05) is 11.2 Å². The van der Waals surface area contributed by atoms with E-state index >= 15 is 0 Å². The van der Waals surface area contributed by atoms with E-state index in [4.69, 9.17) is 18.7 Å². The SMILES string of the molecule is COc1ccc(OC)c(-c2cc(C(=O)N(CCC(=O)NCc3ccccn3)C[C@H]3CCCO3)no2)c1. The molecule has 1 N–H and O–H groups in total. The summed E-state index contributed by atoms with van der Waals surface area (Å²) in [5, 5.41) is 6.85. The van der Waals surface area contributed by atoms with Gasteiger partial charge in [-0.25, -0.2) is 0 Å². The van der Waals surface area contributed by atoms with E-state index in [0.29, 0.717) is 42.5 Å². The monoisotopic (exact) mass is 494 g/mol. The number of nitrogens with one attached hydrogen (secondary N) is 1. The fraction of sp³-hybridized carbons (Fsp3) is 0.385. The highest BCUT2D eigenvalue weighted by atomic mass is 16.5. The largest absolute Gasteiger partial charge is 0.497 e. The Labute approximate surface area is 209 Å². The molecule has 2 aromatic heterocycles. The minimum absolute atomic E-state index is 0.0737. The lowest BCUT2D eigenvalue weighted by atomic mass is 10.1. The molecule has 0 unspecified atom stereocenters. The number of hydrogen-bond acceptors (Lipinski definition) is 8. The molecule has 0 aliphatic carbocycles. The van der Waals surface area contributed by atoms with E-state index in [2.05, 4.69) is 15.5 Å². The van der Waals surface area contributed by atoms with Gasteiger partial charge in [0.25, 0.3) is 5.91 Å². The zero-order valence-electron chi connectivity index (χ0n) is 20.4. The van der Waals surface area contributed by atoms with Crippen molar-refractivity contribution in [2.45, 2.75) is 31.9 Å². The molecule has 1 saturated heterocycles. The van der Waals surface area contributed by atoms with Gasteiger partial charge in [0, 0.05) is 38.4 Å². The summed E-state index contributed by atoms with van der Waals surface area (Å²) in [5.41, 5.74) is 1.52. The first kappa shape index (κ1) is 25.2. The Bertz CT molecular complexity index is 1160. The third-order valence-electron chi connectivity index (χ3n) is 5.94. The zero-order valence-corrected chi connectivity index (χ0v) is 20.4. The molecule has 1 aliphatic heterocycles. The van der Waals surface area contributed by atoms with E-state index in [1.807, 2.05) is 18.2 Å². The van der Waals surface area contributed by atoms with Gasteiger partial charge in [0.15, 0.2) is 11.5 Å². The molecule has 36 heavy (non-hydrogen) atoms. The molecule has 190 valence electrons. The predicted octanol–water partition coefficient (Wildman–Crippen LogP) is 3.08. The van der Waals surface area contributed by atoms with Crippen molar-refractivity contribution in [3.05, 3.63) is 60.0 Å². The highest BCUT2D eigenvalue weighted by Crippen LogP contribution is 2.34. The van der Waals surface area contributed by atoms with Crippen LogP contribution in [0.4, 0.5) is 0 Å². The molecular formula is C26H30N4O6. The van der Waals surface area contributed by atoms with Gasteiger partial charge in [-0.05, 0) is 43.2 Å². The van der Waals surface area contributed by atoms with E-state index in [1.165, 1.54) is 0 Å². The van der Waals surface area contributed by atoms with E-state index in [9.17, 15) is 9.59 Å². The van der Waals surface area contributed by atoms with Crippen LogP contribution in [0, 0.1) is 0 Å². The third kappa shape index (κ3) is 6.39. The molecule has 3 heterocycles. The van der Waals surface area contributed by atoms with Crippen molar-refractivity contribution in [3.63, 3.8) is 0 Å². The maximum absolute atomic E-state index is 13.4. The van der Waals surface area contributed by atoms with Crippen LogP contribution in [0.15, 0.2) is 53.2 Å². The Balaban J connectivity index is 1.45. The second-order valence-electron chi connectivity index (χ2n) is 8.38. The molecule has 0 radical (unpaired) electrons. The molecule has 4 rings (SSSR count). The van der Waals surface area contributed by atoms with Crippen LogP contribution in [-0.2, 0) is 16.1 Å². The maximum Gasteiger partial charge on any atom is 0.276 e. The lowest BCUT2D eigenvalue weighted by molar-refractivity contribution is -0.121. The molecule has 0 spiro atoms. The molecule has 10 heteroatoms. The summed E-state index contributed by atoms with van der Waals surface area (Å²) in [4.78, 5) is 31.7. The number of carbonyl (C=O) groups excluding carboxylic acids is 2. The van der Waals surface area contributed by atoms with Gasteiger partial charge in [-0.2, -0.15) is 0 Å². The fourth-order valence-electron chi connectivity index (χ4n) is 4.00. The fourth-order valence-corrected chi connectivity index (χ4v) is 4.00. The van der Waals surface area contributed by atoms with Crippen LogP contribution in [0.1, 0.15) is 35.4 Å². The van der Waals surface area contributed by atoms with Gasteiger partial charge < -0.3 is 29.0 Å². The van der Waals surface area contributed by atoms with Crippen molar-refractivity contribution in [1.29, 1.82) is 0 Å². The molecule has 0 bridgehead atoms. The minimum Gasteiger partial charge on any atom is -0.497 e. The predicted molar refractivity (Wildman–Crippen MR) is 131 cm³/mol. The lowest BCUT2D eigenvalue weighted by Crippen LogP contribution is -2.40. The summed E-state index contributed by atoms with van der Waals surface area (Å²) >= 11 is 0. The van der Waals surface area contributed by atoms with E-state index in [1.54, 1.807) is 49.6 Å². The van der Waals surface area contributed by atoms with Crippen LogP contribution in [0.25, 0.3) is 11.3 Å². The standard InChI is InChI=1S/C26H30N4O6/c1-33-19-8-9-23(34-2)21(14-19)24-15-22(29-36-24)26(32)30(17-20-7-5-13-35-20)12-10-25(31)28-16-18-6-3-4-11-27-18/h3-4,6,8-9,11,14-15,20H,5,7,10,12-13,16-17H2,1-2H3,(H,28,31)/t20-/m1/s1. The van der Waals surface area contributed by atoms with Crippen molar-refractivity contribution in [2.75, 3.05) is 33.9 Å². The zero-order chi connectivity index (χ0) is 25.3. The van der Waals surface area contributed by atoms with Crippen molar-refractivity contribution in [1.82, 2.24) is 20.4 Å². The number of methoxy groups -OCH3 is 2. The smallest absolute Gasteiger partial charge is 0.276 e. The average Bonchev–Trinajstić information content (AvgIpc) is 3.62. The molecule has 0 saturated carbocycles. The number of hydrogen-bond donors (Lipinski definition) is 1. The van der Waals surface area contributed by atoms with Crippen molar-refractivity contribution in [3.8, 4) is 22.8 Å². The summed E-state index contributed by atoms with van der Waals surface area (Å²) in [6.45, 7) is 1.59. The van der Waals surface area contributed by atoms with Crippen LogP contribution in [-0.4, -0.2) is 66.9 Å². The van der Waals surface area contributed by atoms with Crippen molar-refractivity contribution >= 4 is 11.8 Å². The molecule has 2 amide bonds. The third-order valence-corrected chi connectivity index (χ3v) is 5.94. The molecule has 1 atom stereocenters. The summed E-state index contributed by atoms with van der Waals surface area (Å²) in [6.07, 6.45) is 3.55. The number of pyridine rings is 1. The van der Waals surface area contributed by atoms with E-state index < -0.39 is 0 Å². The second-order valence-corrected chi connectivity index (χ2v) is 8.38. The van der Waals surface area contributed by atoms with E-state index in [0.717, 1.165) is 18.5 Å². The highest BCUT2D eigenvalue weighted by Gasteiger charge is 2.26. The number of aromatic nitrogens is 2. The van der Waals surface area contributed by atoms with Gasteiger partial charge in [-0.15, -0.1) is 0 Å². The van der Waals surface area contributed by atoms with Crippen LogP contribution in [0.5, 0.6) is 11.5 Å². The molecule has 10 nitrogen and oxygen atoms in total. The Morgan fingerprint density at radius 1 is 1.17 bits per heavy atom. The number of nitrogens with zero attached hydrogens (tertiary/aromatic N) is 3. The molecule has 1 aromatic carbocycles. The molecular weight excluding hydrogens is 464 g/mol. The Hall–Kier alpha value is -3.92. The Kier molecular flexibility index (Phi) is 8.51. The van der Waals surface area contributed by atoms with Crippen LogP contribution in [0.3, 0.4) is 0 Å². The van der Waals surface area contributed by atoms with Gasteiger partial charge in [-0.3, -0.25) is 14.6 Å². The average molecular weight is 495 g/mol. The second kappa shape index (κ2) is 12.2. The Morgan fingerprint density at radius 3 is 2.78 bits per heavy atom. The number of amides is 2. The maximum atomic E-state index is 13.4. The van der Waals surface area contributed by atoms with Crippen LogP contribution in [0.2, 0.25) is 0 Å². The van der Waals surface area contributed by atoms with Gasteiger partial charge in [0.2, 0.25) is 5.91 Å². The molecule has 3 aromatic rings. The normalized spacial score (nSPS) is 14.9. The molecule has 1 fully saturated rings. The minimum atomic E-state index is -0.333. The van der Waals surface area contributed by atoms with Gasteiger partial charge in [0.1, 0.15) is 11.5 Å². The van der Waals surface area contributed by atoms with Crippen LogP contribution >= 0.6 is 0 Å². The van der Waals surface area contributed by atoms with Gasteiger partial charge >= 0.3 is 0 Å². The summed E-state index contributed by atoms with van der Waals surface area (Å²) in [7, 11) is 3.12. The number of ether oxygens (including phenoxy) is 3. The number of rotatable bonds is 11. The number of benzene rings is 1. The summed E-state index contributed by atoms with van der Waals surface area (Å²) in [6, 6.07) is 12.4. The summed E-state index contributed by atoms with van der Waals surface area (Å²) < 4.78 is 21.9. The van der Waals surface area contributed by atoms with Crippen molar-refractivity contribution in [2.24, 2.45) is 0 Å². The first-order chi connectivity index (χ1) is 17.6. The summed E-state index contributed by atoms with van der Waals surface area (Å²) in [5.74, 6) is 1.05. The quantitative estimate of drug-likeness (QED) is 0.432. The van der Waals surface area contributed by atoms with Crippen LogP contribution < -0.4 is 14.8 Å². The van der Waals surface area contributed by atoms with E-state index in [-0.39, 0.29) is 36.6 Å². The first-order valence-electron chi connectivity index (χ1n) is 11.8. The topological polar surface area (TPSA) is 116 Å². The highest BCUT2D eigenvalue weighted by molar-refractivity contribution is 5.93. The van der Waals surface area contributed by atoms with Gasteiger partial charge in [0.05, 0.1) is 38.1 Å². The number of carbonyl (C=O) groups is 2. The van der Waals surface area contributed by atoms with Crippen molar-refractivity contribution < 1.29 is 28.3 Å². The lowest BCUT2D eigenvalue weighted by Gasteiger charge is -2.24. The first-order valence-corrected chi connectivity index (χ1v) is 11.8.